The van der Waals surface area contributed by atoms with Gasteiger partial charge in [0.05, 0.1) is 17.7 Å². The van der Waals surface area contributed by atoms with Crippen LogP contribution in [-0.2, 0) is 26.0 Å². The van der Waals surface area contributed by atoms with Crippen molar-refractivity contribution in [1.82, 2.24) is 19.3 Å². The fourth-order valence-electron chi connectivity index (χ4n) is 3.64. The third-order valence-corrected chi connectivity index (χ3v) is 6.90. The minimum Gasteiger partial charge on any atom is -0.383 e. The summed E-state index contributed by atoms with van der Waals surface area (Å²) in [5.41, 5.74) is 8.78. The van der Waals surface area contributed by atoms with Crippen LogP contribution in [0.2, 0.25) is 0 Å². The standard InChI is InChI=1S/C22H28N6O5S/c1-13(12-33-4)27-34(31,32)17-7-5-16(6-8-17)26-20(29)10-9-18-14(2)25-22-19(21(23)30)11-24-28(22)15(18)3/h5-8,11,13,27H,9-10,12H2,1-4H3,(H2,23,30)(H,26,29). The summed E-state index contributed by atoms with van der Waals surface area (Å²) in [6.45, 7) is 5.60. The van der Waals surface area contributed by atoms with Gasteiger partial charge < -0.3 is 15.8 Å². The normalized spacial score (nSPS) is 12.6. The van der Waals surface area contributed by atoms with E-state index in [9.17, 15) is 18.0 Å². The highest BCUT2D eigenvalue weighted by Gasteiger charge is 2.19. The minimum atomic E-state index is -3.69. The lowest BCUT2D eigenvalue weighted by atomic mass is 10.1. The maximum Gasteiger partial charge on any atom is 0.254 e. The molecule has 3 rings (SSSR count). The van der Waals surface area contributed by atoms with Crippen LogP contribution >= 0.6 is 0 Å². The van der Waals surface area contributed by atoms with E-state index in [2.05, 4.69) is 20.1 Å². The fourth-order valence-corrected chi connectivity index (χ4v) is 4.87. The number of nitrogens with two attached hydrogens (primary N) is 1. The number of methoxy groups -OCH3 is 1. The number of aryl methyl sites for hydroxylation is 2. The predicted octanol–water partition coefficient (Wildman–Crippen LogP) is 1.33. The number of benzene rings is 1. The van der Waals surface area contributed by atoms with Gasteiger partial charge in [-0.05, 0) is 57.0 Å². The highest BCUT2D eigenvalue weighted by atomic mass is 32.2. The molecule has 11 nitrogen and oxygen atoms in total. The average molecular weight is 489 g/mol. The number of nitrogens with zero attached hydrogens (tertiary/aromatic N) is 3. The van der Waals surface area contributed by atoms with Gasteiger partial charge in [0.15, 0.2) is 5.65 Å². The minimum absolute atomic E-state index is 0.0913. The molecule has 12 heteroatoms. The van der Waals surface area contributed by atoms with Crippen LogP contribution in [0.1, 0.15) is 40.7 Å². The van der Waals surface area contributed by atoms with Gasteiger partial charge in [0.25, 0.3) is 5.91 Å². The molecule has 1 aromatic carbocycles. The number of amides is 2. The molecule has 0 aliphatic rings. The van der Waals surface area contributed by atoms with Crippen molar-refractivity contribution in [2.75, 3.05) is 19.0 Å². The number of rotatable bonds is 10. The first-order chi connectivity index (χ1) is 16.0. The maximum absolute atomic E-state index is 12.5. The molecule has 0 aliphatic carbocycles. The second kappa shape index (κ2) is 10.3. The number of nitrogens with one attached hydrogen (secondary N) is 2. The number of aromatic nitrogens is 3. The molecule has 4 N–H and O–H groups in total. The van der Waals surface area contributed by atoms with Gasteiger partial charge >= 0.3 is 0 Å². The van der Waals surface area contributed by atoms with Gasteiger partial charge in [-0.15, -0.1) is 0 Å². The number of primary amides is 1. The SMILES string of the molecule is COCC(C)NS(=O)(=O)c1ccc(NC(=O)CCc2c(C)nc3c(C(N)=O)cnn3c2C)cc1. The maximum atomic E-state index is 12.5. The van der Waals surface area contributed by atoms with E-state index in [4.69, 9.17) is 10.5 Å². The number of sulfonamides is 1. The van der Waals surface area contributed by atoms with Crippen molar-refractivity contribution in [3.63, 3.8) is 0 Å². The lowest BCUT2D eigenvalue weighted by Gasteiger charge is -2.14. The zero-order chi connectivity index (χ0) is 25.0. The Bertz CT molecular complexity index is 1320. The van der Waals surface area contributed by atoms with Crippen molar-refractivity contribution in [3.8, 4) is 0 Å². The first kappa shape index (κ1) is 25.3. The molecule has 0 aliphatic heterocycles. The fraction of sp³-hybridized carbons (Fsp3) is 0.364. The first-order valence-electron chi connectivity index (χ1n) is 10.6. The van der Waals surface area contributed by atoms with E-state index in [-0.39, 0.29) is 35.4 Å². The molecule has 0 bridgehead atoms. The molecule has 1 unspecified atom stereocenters. The lowest BCUT2D eigenvalue weighted by Crippen LogP contribution is -2.35. The summed E-state index contributed by atoms with van der Waals surface area (Å²) in [6.07, 6.45) is 1.96. The van der Waals surface area contributed by atoms with Crippen molar-refractivity contribution < 1.29 is 22.7 Å². The zero-order valence-electron chi connectivity index (χ0n) is 19.5. The summed E-state index contributed by atoms with van der Waals surface area (Å²) >= 11 is 0. The molecule has 3 aromatic rings. The number of carbonyl (C=O) groups excluding carboxylic acids is 2. The Balaban J connectivity index is 1.65. The van der Waals surface area contributed by atoms with Crippen molar-refractivity contribution in [3.05, 3.63) is 53.0 Å². The number of ether oxygens (including phenoxy) is 1. The third-order valence-electron chi connectivity index (χ3n) is 5.30. The zero-order valence-corrected chi connectivity index (χ0v) is 20.3. The molecule has 0 saturated heterocycles. The van der Waals surface area contributed by atoms with Crippen LogP contribution in [0.4, 0.5) is 5.69 Å². The summed E-state index contributed by atoms with van der Waals surface area (Å²) in [6, 6.07) is 5.55. The van der Waals surface area contributed by atoms with Crippen LogP contribution in [0.25, 0.3) is 5.65 Å². The molecular weight excluding hydrogens is 460 g/mol. The van der Waals surface area contributed by atoms with E-state index in [1.807, 2.05) is 6.92 Å². The van der Waals surface area contributed by atoms with Crippen molar-refractivity contribution in [1.29, 1.82) is 0 Å². The Kier molecular flexibility index (Phi) is 7.64. The molecule has 1 atom stereocenters. The van der Waals surface area contributed by atoms with Gasteiger partial charge in [-0.1, -0.05) is 0 Å². The molecule has 182 valence electrons. The predicted molar refractivity (Wildman–Crippen MR) is 126 cm³/mol. The van der Waals surface area contributed by atoms with Crippen LogP contribution in [0.15, 0.2) is 35.4 Å². The van der Waals surface area contributed by atoms with E-state index in [1.54, 1.807) is 18.4 Å². The van der Waals surface area contributed by atoms with E-state index in [0.29, 0.717) is 23.4 Å². The molecular formula is C22H28N6O5S. The first-order valence-corrected chi connectivity index (χ1v) is 12.1. The average Bonchev–Trinajstić information content (AvgIpc) is 3.18. The van der Waals surface area contributed by atoms with Crippen LogP contribution in [0.3, 0.4) is 0 Å². The van der Waals surface area contributed by atoms with E-state index in [0.717, 1.165) is 11.3 Å². The Morgan fingerprint density at radius 3 is 2.50 bits per heavy atom. The number of hydrogen-bond donors (Lipinski definition) is 3. The molecule has 2 aromatic heterocycles. The van der Waals surface area contributed by atoms with Crippen LogP contribution in [-0.4, -0.2) is 54.6 Å². The second-order valence-electron chi connectivity index (χ2n) is 7.97. The smallest absolute Gasteiger partial charge is 0.254 e. The quantitative estimate of drug-likeness (QED) is 0.388. The lowest BCUT2D eigenvalue weighted by molar-refractivity contribution is -0.116. The van der Waals surface area contributed by atoms with E-state index < -0.39 is 15.9 Å². The monoisotopic (exact) mass is 488 g/mol. The van der Waals surface area contributed by atoms with E-state index >= 15 is 0 Å². The van der Waals surface area contributed by atoms with Gasteiger partial charge in [-0.25, -0.2) is 22.6 Å². The van der Waals surface area contributed by atoms with Gasteiger partial charge in [0, 0.05) is 36.6 Å². The van der Waals surface area contributed by atoms with Gasteiger partial charge in [0.2, 0.25) is 15.9 Å². The Hall–Kier alpha value is -3.35. The molecule has 0 spiro atoms. The van der Waals surface area contributed by atoms with Crippen LogP contribution < -0.4 is 15.8 Å². The van der Waals surface area contributed by atoms with Crippen molar-refractivity contribution >= 4 is 33.2 Å². The van der Waals surface area contributed by atoms with Crippen molar-refractivity contribution in [2.45, 2.75) is 44.6 Å². The summed E-state index contributed by atoms with van der Waals surface area (Å²) in [5, 5.41) is 6.95. The van der Waals surface area contributed by atoms with E-state index in [1.165, 1.54) is 37.6 Å². The van der Waals surface area contributed by atoms with Crippen LogP contribution in [0.5, 0.6) is 0 Å². The molecule has 34 heavy (non-hydrogen) atoms. The second-order valence-corrected chi connectivity index (χ2v) is 9.68. The van der Waals surface area contributed by atoms with Crippen LogP contribution in [0, 0.1) is 13.8 Å². The molecule has 0 fully saturated rings. The summed E-state index contributed by atoms with van der Waals surface area (Å²) < 4.78 is 33.8. The largest absolute Gasteiger partial charge is 0.383 e. The summed E-state index contributed by atoms with van der Waals surface area (Å²) in [7, 11) is -2.19. The van der Waals surface area contributed by atoms with Gasteiger partial charge in [-0.2, -0.15) is 5.10 Å². The van der Waals surface area contributed by atoms with Gasteiger partial charge in [-0.3, -0.25) is 9.59 Å². The highest BCUT2D eigenvalue weighted by molar-refractivity contribution is 7.89. The molecule has 2 amide bonds. The highest BCUT2D eigenvalue weighted by Crippen LogP contribution is 2.19. The Morgan fingerprint density at radius 1 is 1.21 bits per heavy atom. The Morgan fingerprint density at radius 2 is 1.88 bits per heavy atom. The number of carbonyl (C=O) groups is 2. The Labute approximate surface area is 197 Å². The number of anilines is 1. The third kappa shape index (κ3) is 5.58. The molecule has 0 saturated carbocycles. The van der Waals surface area contributed by atoms with Crippen molar-refractivity contribution in [2.24, 2.45) is 5.73 Å². The topological polar surface area (TPSA) is 158 Å². The molecule has 0 radical (unpaired) electrons. The molecule has 2 heterocycles. The summed E-state index contributed by atoms with van der Waals surface area (Å²) in [5.74, 6) is -0.841. The number of hydrogen-bond acceptors (Lipinski definition) is 7. The number of fused-ring (bicyclic) bond motifs is 1. The van der Waals surface area contributed by atoms with Gasteiger partial charge in [0.1, 0.15) is 5.56 Å². The summed E-state index contributed by atoms with van der Waals surface area (Å²) in [4.78, 5) is 28.6.